The van der Waals surface area contributed by atoms with E-state index in [0.717, 1.165) is 38.9 Å². The Morgan fingerprint density at radius 2 is 2.17 bits per heavy atom. The molecule has 2 heterocycles. The van der Waals surface area contributed by atoms with E-state index in [4.69, 9.17) is 0 Å². The van der Waals surface area contributed by atoms with Crippen LogP contribution in [0.5, 0.6) is 0 Å². The van der Waals surface area contributed by atoms with E-state index in [0.29, 0.717) is 11.9 Å². The number of nitrogens with one attached hydrogen (secondary N) is 1. The molecule has 2 atom stereocenters. The summed E-state index contributed by atoms with van der Waals surface area (Å²) in [6, 6.07) is 0.436. The highest BCUT2D eigenvalue weighted by atomic mass is 16.2. The smallest absolute Gasteiger partial charge is 0.230 e. The number of likely N-dealkylation sites (tertiary alicyclic amines) is 1. The summed E-state index contributed by atoms with van der Waals surface area (Å²) in [5.74, 6) is 0.423. The van der Waals surface area contributed by atoms with Crippen LogP contribution in [0.2, 0.25) is 0 Å². The maximum Gasteiger partial charge on any atom is 0.230 e. The van der Waals surface area contributed by atoms with Gasteiger partial charge in [0.25, 0.3) is 0 Å². The van der Waals surface area contributed by atoms with Gasteiger partial charge in [0.15, 0.2) is 0 Å². The molecule has 0 radical (unpaired) electrons. The first-order chi connectivity index (χ1) is 8.69. The van der Waals surface area contributed by atoms with Crippen molar-refractivity contribution in [2.24, 2.45) is 5.41 Å². The zero-order valence-electron chi connectivity index (χ0n) is 12.0. The van der Waals surface area contributed by atoms with E-state index in [9.17, 15) is 4.79 Å². The molecule has 0 aliphatic carbocycles. The summed E-state index contributed by atoms with van der Waals surface area (Å²) in [6.45, 7) is 7.33. The molecule has 2 fully saturated rings. The van der Waals surface area contributed by atoms with Crippen LogP contribution in [0, 0.1) is 5.41 Å². The van der Waals surface area contributed by atoms with E-state index < -0.39 is 0 Å². The van der Waals surface area contributed by atoms with E-state index >= 15 is 0 Å². The highest BCUT2D eigenvalue weighted by molar-refractivity contribution is 5.83. The summed E-state index contributed by atoms with van der Waals surface area (Å²) in [4.78, 5) is 15.1. The molecule has 0 aromatic carbocycles. The van der Waals surface area contributed by atoms with E-state index in [1.165, 1.54) is 25.7 Å². The lowest BCUT2D eigenvalue weighted by atomic mass is 9.76. The number of carbonyl (C=O) groups excluding carboxylic acids is 1. The van der Waals surface area contributed by atoms with Gasteiger partial charge >= 0.3 is 0 Å². The average molecular weight is 252 g/mol. The van der Waals surface area contributed by atoms with Gasteiger partial charge < -0.3 is 10.2 Å². The van der Waals surface area contributed by atoms with E-state index in [1.807, 2.05) is 0 Å². The fraction of sp³-hybridized carbons (Fsp3) is 0.933. The first kappa shape index (κ1) is 13.9. The third-order valence-corrected chi connectivity index (χ3v) is 4.92. The number of nitrogens with zero attached hydrogens (tertiary/aromatic N) is 1. The Labute approximate surface area is 111 Å². The standard InChI is InChI=1S/C15H28N2O/c1-3-15(9-7-10-16-12-15)14(18)17-11-6-4-5-8-13(17)2/h13,16H,3-12H2,1-2H3. The Morgan fingerprint density at radius 3 is 2.83 bits per heavy atom. The lowest BCUT2D eigenvalue weighted by Gasteiger charge is -2.41. The zero-order chi connectivity index (χ0) is 13.0. The highest BCUT2D eigenvalue weighted by Gasteiger charge is 2.41. The van der Waals surface area contributed by atoms with Crippen molar-refractivity contribution in [1.82, 2.24) is 10.2 Å². The van der Waals surface area contributed by atoms with Gasteiger partial charge in [0.05, 0.1) is 5.41 Å². The molecule has 3 nitrogen and oxygen atoms in total. The molecule has 104 valence electrons. The van der Waals surface area contributed by atoms with E-state index in [2.05, 4.69) is 24.1 Å². The molecule has 1 amide bonds. The third kappa shape index (κ3) is 2.71. The molecular weight excluding hydrogens is 224 g/mol. The van der Waals surface area contributed by atoms with Crippen LogP contribution in [0.3, 0.4) is 0 Å². The van der Waals surface area contributed by atoms with Crippen LogP contribution in [0.15, 0.2) is 0 Å². The van der Waals surface area contributed by atoms with Gasteiger partial charge in [-0.3, -0.25) is 4.79 Å². The molecule has 0 bridgehead atoms. The number of carbonyl (C=O) groups is 1. The molecule has 2 unspecified atom stereocenters. The van der Waals surface area contributed by atoms with Crippen molar-refractivity contribution in [3.05, 3.63) is 0 Å². The van der Waals surface area contributed by atoms with Gasteiger partial charge in [-0.05, 0) is 45.6 Å². The molecule has 2 rings (SSSR count). The molecule has 0 aromatic rings. The number of hydrogen-bond donors (Lipinski definition) is 1. The maximum atomic E-state index is 13.0. The van der Waals surface area contributed by atoms with Crippen molar-refractivity contribution in [1.29, 1.82) is 0 Å². The van der Waals surface area contributed by atoms with Crippen LogP contribution in [0.25, 0.3) is 0 Å². The fourth-order valence-corrected chi connectivity index (χ4v) is 3.48. The van der Waals surface area contributed by atoms with Crippen molar-refractivity contribution in [3.63, 3.8) is 0 Å². The van der Waals surface area contributed by atoms with Crippen molar-refractivity contribution in [3.8, 4) is 0 Å². The summed E-state index contributed by atoms with van der Waals surface area (Å²) in [5, 5.41) is 3.43. The van der Waals surface area contributed by atoms with Gasteiger partial charge in [-0.1, -0.05) is 19.8 Å². The lowest BCUT2D eigenvalue weighted by molar-refractivity contribution is -0.145. The summed E-state index contributed by atoms with van der Waals surface area (Å²) in [6.07, 6.45) is 8.11. The van der Waals surface area contributed by atoms with Crippen molar-refractivity contribution >= 4 is 5.91 Å². The van der Waals surface area contributed by atoms with Crippen LogP contribution in [0.1, 0.15) is 58.8 Å². The molecular formula is C15H28N2O. The minimum absolute atomic E-state index is 0.114. The van der Waals surface area contributed by atoms with Gasteiger partial charge in [0.1, 0.15) is 0 Å². The number of hydrogen-bond acceptors (Lipinski definition) is 2. The fourth-order valence-electron chi connectivity index (χ4n) is 3.48. The Morgan fingerprint density at radius 1 is 1.33 bits per heavy atom. The van der Waals surface area contributed by atoms with Gasteiger partial charge in [0, 0.05) is 19.1 Å². The molecule has 0 saturated carbocycles. The molecule has 2 saturated heterocycles. The first-order valence-corrected chi connectivity index (χ1v) is 7.71. The Bertz CT molecular complexity index is 284. The molecule has 18 heavy (non-hydrogen) atoms. The molecule has 3 heteroatoms. The summed E-state index contributed by atoms with van der Waals surface area (Å²) in [7, 11) is 0. The number of amides is 1. The van der Waals surface area contributed by atoms with E-state index in [1.54, 1.807) is 0 Å². The minimum atomic E-state index is -0.114. The molecule has 0 spiro atoms. The summed E-state index contributed by atoms with van der Waals surface area (Å²) in [5.41, 5.74) is -0.114. The Balaban J connectivity index is 2.11. The Hall–Kier alpha value is -0.570. The second kappa shape index (κ2) is 6.05. The van der Waals surface area contributed by atoms with Crippen LogP contribution < -0.4 is 5.32 Å². The predicted octanol–water partition coefficient (Wildman–Crippen LogP) is 2.56. The predicted molar refractivity (Wildman–Crippen MR) is 74.5 cm³/mol. The SMILES string of the molecule is CCC1(C(=O)N2CCCCCC2C)CCCNC1. The molecule has 1 N–H and O–H groups in total. The zero-order valence-corrected chi connectivity index (χ0v) is 12.0. The highest BCUT2D eigenvalue weighted by Crippen LogP contribution is 2.34. The van der Waals surface area contributed by atoms with Crippen molar-refractivity contribution in [2.45, 2.75) is 64.8 Å². The van der Waals surface area contributed by atoms with Gasteiger partial charge in [-0.2, -0.15) is 0 Å². The van der Waals surface area contributed by atoms with Gasteiger partial charge in [-0.15, -0.1) is 0 Å². The van der Waals surface area contributed by atoms with Crippen LogP contribution in [0.4, 0.5) is 0 Å². The molecule has 2 aliphatic rings. The summed E-state index contributed by atoms with van der Waals surface area (Å²) < 4.78 is 0. The van der Waals surface area contributed by atoms with Crippen molar-refractivity contribution < 1.29 is 4.79 Å². The summed E-state index contributed by atoms with van der Waals surface area (Å²) >= 11 is 0. The van der Waals surface area contributed by atoms with Crippen LogP contribution in [-0.4, -0.2) is 36.5 Å². The third-order valence-electron chi connectivity index (χ3n) is 4.92. The second-order valence-corrected chi connectivity index (χ2v) is 6.11. The average Bonchev–Trinajstić information content (AvgIpc) is 2.63. The first-order valence-electron chi connectivity index (χ1n) is 7.71. The maximum absolute atomic E-state index is 13.0. The lowest BCUT2D eigenvalue weighted by Crippen LogP contribution is -2.53. The topological polar surface area (TPSA) is 32.3 Å². The van der Waals surface area contributed by atoms with Crippen LogP contribution in [-0.2, 0) is 4.79 Å². The second-order valence-electron chi connectivity index (χ2n) is 6.11. The van der Waals surface area contributed by atoms with Gasteiger partial charge in [-0.25, -0.2) is 0 Å². The van der Waals surface area contributed by atoms with Gasteiger partial charge in [0.2, 0.25) is 5.91 Å². The monoisotopic (exact) mass is 252 g/mol. The number of piperidine rings is 1. The molecule has 0 aromatic heterocycles. The number of rotatable bonds is 2. The largest absolute Gasteiger partial charge is 0.339 e. The minimum Gasteiger partial charge on any atom is -0.339 e. The van der Waals surface area contributed by atoms with Crippen LogP contribution >= 0.6 is 0 Å². The molecule has 2 aliphatic heterocycles. The van der Waals surface area contributed by atoms with E-state index in [-0.39, 0.29) is 5.41 Å². The normalized spacial score (nSPS) is 34.1. The van der Waals surface area contributed by atoms with Crippen molar-refractivity contribution in [2.75, 3.05) is 19.6 Å². The Kier molecular flexibility index (Phi) is 4.66. The quantitative estimate of drug-likeness (QED) is 0.819.